The normalized spacial score (nSPS) is 19.7. The van der Waals surface area contributed by atoms with Gasteiger partial charge in [-0.3, -0.25) is 14.7 Å². The highest BCUT2D eigenvalue weighted by Crippen LogP contribution is 2.47. The minimum absolute atomic E-state index is 0.0535. The molecule has 3 N–H and O–H groups in total. The van der Waals surface area contributed by atoms with E-state index in [4.69, 9.17) is 0 Å². The minimum atomic E-state index is -0.498. The van der Waals surface area contributed by atoms with Crippen LogP contribution >= 0.6 is 11.3 Å². The Hall–Kier alpha value is -3.84. The maximum Gasteiger partial charge on any atom is 0.277 e. The van der Waals surface area contributed by atoms with E-state index in [1.165, 1.54) is 9.56 Å². The molecule has 0 fully saturated rings. The second kappa shape index (κ2) is 7.64. The highest BCUT2D eigenvalue weighted by atomic mass is 32.1. The molecule has 2 unspecified atom stereocenters. The first-order chi connectivity index (χ1) is 16.1. The van der Waals surface area contributed by atoms with Crippen LogP contribution in [0, 0.1) is 0 Å². The summed E-state index contributed by atoms with van der Waals surface area (Å²) in [5.74, 6) is 0.430. The largest absolute Gasteiger partial charge is 0.508 e. The zero-order valence-electron chi connectivity index (χ0n) is 17.6. The van der Waals surface area contributed by atoms with E-state index in [-0.39, 0.29) is 23.0 Å². The van der Waals surface area contributed by atoms with Crippen molar-refractivity contribution in [2.75, 3.05) is 5.32 Å². The van der Waals surface area contributed by atoms with Crippen molar-refractivity contribution in [3.8, 4) is 11.4 Å². The highest BCUT2D eigenvalue weighted by molar-refractivity contribution is 7.10. The molecule has 0 radical (unpaired) electrons. The van der Waals surface area contributed by atoms with E-state index in [0.717, 1.165) is 16.9 Å². The summed E-state index contributed by atoms with van der Waals surface area (Å²) >= 11 is 1.67. The van der Waals surface area contributed by atoms with Crippen molar-refractivity contribution >= 4 is 22.9 Å². The number of H-pyrrole nitrogens is 1. The number of thiophene rings is 1. The molecule has 2 atom stereocenters. The maximum atomic E-state index is 13.6. The predicted octanol–water partition coefficient (Wildman–Crippen LogP) is 4.89. The summed E-state index contributed by atoms with van der Waals surface area (Å²) in [6.45, 7) is 0. The first-order valence-electron chi connectivity index (χ1n) is 10.9. The van der Waals surface area contributed by atoms with Crippen LogP contribution in [0.3, 0.4) is 0 Å². The van der Waals surface area contributed by atoms with Gasteiger partial charge in [0.15, 0.2) is 5.78 Å². The van der Waals surface area contributed by atoms with Crippen LogP contribution in [0.25, 0.3) is 5.69 Å². The molecule has 0 spiro atoms. The monoisotopic (exact) mass is 455 g/mol. The lowest BCUT2D eigenvalue weighted by molar-refractivity contribution is -0.116. The second-order valence-corrected chi connectivity index (χ2v) is 9.44. The molecule has 2 aliphatic rings. The van der Waals surface area contributed by atoms with E-state index in [0.29, 0.717) is 29.8 Å². The van der Waals surface area contributed by atoms with Crippen LogP contribution in [0.5, 0.6) is 5.75 Å². The summed E-state index contributed by atoms with van der Waals surface area (Å²) in [5, 5.41) is 18.5. The van der Waals surface area contributed by atoms with E-state index < -0.39 is 5.92 Å². The fourth-order valence-electron chi connectivity index (χ4n) is 4.98. The topological polar surface area (TPSA) is 87.1 Å². The fraction of sp³-hybridized carbons (Fsp3) is 0.154. The number of phenols is 1. The number of ketones is 1. The third kappa shape index (κ3) is 3.24. The van der Waals surface area contributed by atoms with Crippen LogP contribution < -0.4 is 10.9 Å². The average molecular weight is 456 g/mol. The summed E-state index contributed by atoms with van der Waals surface area (Å²) in [6, 6.07) is 20.3. The van der Waals surface area contributed by atoms with Gasteiger partial charge in [0.1, 0.15) is 11.6 Å². The number of aromatic amines is 1. The number of carbonyl (C=O) groups excluding carboxylic acids is 1. The summed E-state index contributed by atoms with van der Waals surface area (Å²) < 4.78 is 1.52. The van der Waals surface area contributed by atoms with Gasteiger partial charge in [0, 0.05) is 34.4 Å². The SMILES string of the molecule is O=C1CC(c2cccs2)CC2=C1C(c1ccc(O)cc1)c1c([nH]n(-c3ccccc3)c1=O)N2. The van der Waals surface area contributed by atoms with Gasteiger partial charge < -0.3 is 10.4 Å². The Balaban J connectivity index is 1.53. The summed E-state index contributed by atoms with van der Waals surface area (Å²) in [4.78, 5) is 28.3. The number of allylic oxidation sites excluding steroid dienone is 2. The van der Waals surface area contributed by atoms with Gasteiger partial charge in [0.25, 0.3) is 5.56 Å². The highest BCUT2D eigenvalue weighted by Gasteiger charge is 2.41. The molecule has 0 bridgehead atoms. The van der Waals surface area contributed by atoms with Gasteiger partial charge in [0.05, 0.1) is 11.3 Å². The van der Waals surface area contributed by atoms with Crippen molar-refractivity contribution in [1.82, 2.24) is 9.78 Å². The molecule has 7 heteroatoms. The molecule has 0 saturated heterocycles. The van der Waals surface area contributed by atoms with E-state index in [1.54, 1.807) is 35.6 Å². The number of phenolic OH excluding ortho intramolecular Hbond substituents is 1. The van der Waals surface area contributed by atoms with Crippen LogP contribution in [0.2, 0.25) is 0 Å². The fourth-order valence-corrected chi connectivity index (χ4v) is 5.81. The van der Waals surface area contributed by atoms with Crippen molar-refractivity contribution in [1.29, 1.82) is 0 Å². The van der Waals surface area contributed by atoms with Gasteiger partial charge in [0.2, 0.25) is 0 Å². The first-order valence-corrected chi connectivity index (χ1v) is 11.7. The number of benzene rings is 2. The smallest absolute Gasteiger partial charge is 0.277 e. The number of anilines is 1. The standard InChI is InChI=1S/C26H21N3O3S/c30-18-10-8-15(9-11-18)22-23-19(13-16(14-20(23)31)21-7-4-12-33-21)27-25-24(22)26(32)29(28-25)17-5-2-1-3-6-17/h1-12,16,22,27-28,30H,13-14H2. The maximum absolute atomic E-state index is 13.6. The van der Waals surface area contributed by atoms with Crippen molar-refractivity contribution < 1.29 is 9.90 Å². The Bertz CT molecular complexity index is 1430. The molecule has 33 heavy (non-hydrogen) atoms. The van der Waals surface area contributed by atoms with Crippen molar-refractivity contribution in [3.63, 3.8) is 0 Å². The van der Waals surface area contributed by atoms with E-state index in [9.17, 15) is 14.7 Å². The predicted molar refractivity (Wildman–Crippen MR) is 128 cm³/mol. The van der Waals surface area contributed by atoms with E-state index in [1.807, 2.05) is 41.8 Å². The molecule has 2 aromatic carbocycles. The van der Waals surface area contributed by atoms with Crippen LogP contribution in [0.4, 0.5) is 5.82 Å². The van der Waals surface area contributed by atoms with Crippen LogP contribution in [-0.4, -0.2) is 20.7 Å². The molecule has 0 amide bonds. The third-order valence-electron chi connectivity index (χ3n) is 6.47. The molecular weight excluding hydrogens is 434 g/mol. The Labute approximate surface area is 193 Å². The number of aromatic hydroxyl groups is 1. The number of hydrogen-bond acceptors (Lipinski definition) is 5. The number of hydrogen-bond donors (Lipinski definition) is 3. The second-order valence-electron chi connectivity index (χ2n) is 8.46. The van der Waals surface area contributed by atoms with E-state index >= 15 is 0 Å². The number of nitrogens with zero attached hydrogens (tertiary/aromatic N) is 1. The minimum Gasteiger partial charge on any atom is -0.508 e. The Morgan fingerprint density at radius 2 is 1.73 bits per heavy atom. The molecule has 6 rings (SSSR count). The number of Topliss-reactive ketones (excluding diaryl/α,β-unsaturated/α-hetero) is 1. The molecule has 6 nitrogen and oxygen atoms in total. The van der Waals surface area contributed by atoms with Crippen LogP contribution in [0.1, 0.15) is 40.7 Å². The number of nitrogens with one attached hydrogen (secondary N) is 2. The Morgan fingerprint density at radius 3 is 2.45 bits per heavy atom. The summed E-state index contributed by atoms with van der Waals surface area (Å²) in [6.07, 6.45) is 1.12. The summed E-state index contributed by atoms with van der Waals surface area (Å²) in [7, 11) is 0. The Morgan fingerprint density at radius 1 is 0.939 bits per heavy atom. The summed E-state index contributed by atoms with van der Waals surface area (Å²) in [5.41, 5.74) is 3.37. The van der Waals surface area contributed by atoms with Gasteiger partial charge in [-0.1, -0.05) is 36.4 Å². The molecular formula is C26H21N3O3S. The third-order valence-corrected chi connectivity index (χ3v) is 7.51. The van der Waals surface area contributed by atoms with Gasteiger partial charge in [-0.05, 0) is 47.7 Å². The number of fused-ring (bicyclic) bond motifs is 1. The molecule has 164 valence electrons. The zero-order chi connectivity index (χ0) is 22.5. The first kappa shape index (κ1) is 19.8. The van der Waals surface area contributed by atoms with Crippen molar-refractivity contribution in [3.05, 3.63) is 110 Å². The number of aromatic nitrogens is 2. The van der Waals surface area contributed by atoms with Crippen LogP contribution in [0.15, 0.2) is 88.2 Å². The number of carbonyl (C=O) groups is 1. The lowest BCUT2D eigenvalue weighted by atomic mass is 9.74. The quantitative estimate of drug-likeness (QED) is 0.410. The molecule has 1 aliphatic heterocycles. The molecule has 2 aromatic heterocycles. The molecule has 1 aliphatic carbocycles. The van der Waals surface area contributed by atoms with E-state index in [2.05, 4.69) is 16.5 Å². The van der Waals surface area contributed by atoms with Crippen molar-refractivity contribution in [2.24, 2.45) is 0 Å². The van der Waals surface area contributed by atoms with Crippen molar-refractivity contribution in [2.45, 2.75) is 24.7 Å². The molecule has 0 saturated carbocycles. The lowest BCUT2D eigenvalue weighted by Crippen LogP contribution is -2.31. The van der Waals surface area contributed by atoms with Gasteiger partial charge in [-0.25, -0.2) is 4.68 Å². The number of rotatable bonds is 3. The van der Waals surface area contributed by atoms with Gasteiger partial charge in [-0.2, -0.15) is 0 Å². The molecule has 4 aromatic rings. The average Bonchev–Trinajstić information content (AvgIpc) is 3.48. The van der Waals surface area contributed by atoms with Crippen LogP contribution in [-0.2, 0) is 4.79 Å². The number of para-hydroxylation sites is 1. The van der Waals surface area contributed by atoms with Gasteiger partial charge >= 0.3 is 0 Å². The molecule has 3 heterocycles. The lowest BCUT2D eigenvalue weighted by Gasteiger charge is -2.34. The zero-order valence-corrected chi connectivity index (χ0v) is 18.4. The van der Waals surface area contributed by atoms with Gasteiger partial charge in [-0.15, -0.1) is 11.3 Å². The Kier molecular flexibility index (Phi) is 4.58.